The fourth-order valence-corrected chi connectivity index (χ4v) is 3.03. The molecule has 0 saturated heterocycles. The number of carbonyl (C=O) groups is 1. The highest BCUT2D eigenvalue weighted by atomic mass is 16.1. The van der Waals surface area contributed by atoms with Gasteiger partial charge in [0, 0.05) is 24.3 Å². The van der Waals surface area contributed by atoms with E-state index in [0.29, 0.717) is 0 Å². The normalized spacial score (nSPS) is 14.2. The van der Waals surface area contributed by atoms with Crippen LogP contribution in [-0.4, -0.2) is 18.4 Å². The zero-order valence-electron chi connectivity index (χ0n) is 13.9. The molecule has 0 bridgehead atoms. The van der Waals surface area contributed by atoms with Crippen LogP contribution in [-0.2, 0) is 13.0 Å². The fraction of sp³-hybridized carbons (Fsp3) is 0.350. The Balaban J connectivity index is 1.67. The SMILES string of the molecule is CCC(NCc1ccc(C)cc1)C(=O)c1ccc2c(c1)CCN2. The van der Waals surface area contributed by atoms with Gasteiger partial charge in [0.1, 0.15) is 0 Å². The summed E-state index contributed by atoms with van der Waals surface area (Å²) in [6.07, 6.45) is 1.80. The van der Waals surface area contributed by atoms with E-state index in [2.05, 4.69) is 48.7 Å². The van der Waals surface area contributed by atoms with Gasteiger partial charge in [-0.05, 0) is 49.1 Å². The maximum absolute atomic E-state index is 12.8. The van der Waals surface area contributed by atoms with E-state index in [1.54, 1.807) is 0 Å². The van der Waals surface area contributed by atoms with Gasteiger partial charge in [0.25, 0.3) is 0 Å². The standard InChI is InChI=1S/C20H24N2O/c1-3-18(22-13-15-6-4-14(2)5-7-15)20(23)17-8-9-19-16(12-17)10-11-21-19/h4-9,12,18,21-22H,3,10-11,13H2,1-2H3. The van der Waals surface area contributed by atoms with E-state index in [9.17, 15) is 4.79 Å². The quantitative estimate of drug-likeness (QED) is 0.799. The summed E-state index contributed by atoms with van der Waals surface area (Å²) in [5.41, 5.74) is 5.70. The molecule has 2 aromatic rings. The maximum Gasteiger partial charge on any atom is 0.179 e. The van der Waals surface area contributed by atoms with Crippen molar-refractivity contribution >= 4 is 11.5 Å². The Labute approximate surface area is 138 Å². The molecule has 120 valence electrons. The van der Waals surface area contributed by atoms with Gasteiger partial charge >= 0.3 is 0 Å². The third kappa shape index (κ3) is 3.62. The Bertz CT molecular complexity index is 691. The molecule has 0 spiro atoms. The van der Waals surface area contributed by atoms with Crippen molar-refractivity contribution in [2.75, 3.05) is 11.9 Å². The summed E-state index contributed by atoms with van der Waals surface area (Å²) in [5.74, 6) is 0.189. The zero-order valence-corrected chi connectivity index (χ0v) is 13.9. The summed E-state index contributed by atoms with van der Waals surface area (Å²) in [6.45, 7) is 5.82. The highest BCUT2D eigenvalue weighted by Crippen LogP contribution is 2.23. The molecule has 1 atom stereocenters. The number of aryl methyl sites for hydroxylation is 1. The van der Waals surface area contributed by atoms with E-state index in [4.69, 9.17) is 0 Å². The van der Waals surface area contributed by atoms with Gasteiger partial charge in [-0.15, -0.1) is 0 Å². The van der Waals surface area contributed by atoms with Crippen molar-refractivity contribution in [1.82, 2.24) is 5.32 Å². The Morgan fingerprint density at radius 2 is 2.00 bits per heavy atom. The molecule has 2 N–H and O–H groups in total. The molecule has 3 heteroatoms. The van der Waals surface area contributed by atoms with Gasteiger partial charge in [-0.3, -0.25) is 4.79 Å². The first kappa shape index (κ1) is 15.8. The molecule has 1 aliphatic heterocycles. The molecule has 0 aromatic heterocycles. The molecular formula is C20H24N2O. The van der Waals surface area contributed by atoms with Gasteiger partial charge in [-0.25, -0.2) is 0 Å². The Morgan fingerprint density at radius 1 is 1.22 bits per heavy atom. The second-order valence-electron chi connectivity index (χ2n) is 6.24. The van der Waals surface area contributed by atoms with Crippen LogP contribution in [0.4, 0.5) is 5.69 Å². The molecule has 1 heterocycles. The molecular weight excluding hydrogens is 284 g/mol. The summed E-state index contributed by atoms with van der Waals surface area (Å²) in [7, 11) is 0. The second-order valence-corrected chi connectivity index (χ2v) is 6.24. The molecule has 3 nitrogen and oxygen atoms in total. The first-order valence-corrected chi connectivity index (χ1v) is 8.37. The average Bonchev–Trinajstić information content (AvgIpc) is 3.04. The van der Waals surface area contributed by atoms with E-state index in [1.165, 1.54) is 22.4 Å². The minimum atomic E-state index is -0.135. The van der Waals surface area contributed by atoms with Crippen molar-refractivity contribution in [3.05, 3.63) is 64.7 Å². The lowest BCUT2D eigenvalue weighted by Gasteiger charge is -2.16. The van der Waals surface area contributed by atoms with Crippen molar-refractivity contribution in [2.45, 2.75) is 39.3 Å². The number of fused-ring (bicyclic) bond motifs is 1. The number of rotatable bonds is 6. The van der Waals surface area contributed by atoms with Crippen LogP contribution in [0.25, 0.3) is 0 Å². The zero-order chi connectivity index (χ0) is 16.2. The third-order valence-electron chi connectivity index (χ3n) is 4.50. The van der Waals surface area contributed by atoms with Crippen LogP contribution in [0.5, 0.6) is 0 Å². The number of ketones is 1. The summed E-state index contributed by atoms with van der Waals surface area (Å²) < 4.78 is 0. The van der Waals surface area contributed by atoms with Gasteiger partial charge in [-0.1, -0.05) is 36.8 Å². The van der Waals surface area contributed by atoms with Crippen molar-refractivity contribution < 1.29 is 4.79 Å². The van der Waals surface area contributed by atoms with Crippen LogP contribution in [0.3, 0.4) is 0 Å². The van der Waals surface area contributed by atoms with Crippen molar-refractivity contribution in [1.29, 1.82) is 0 Å². The fourth-order valence-electron chi connectivity index (χ4n) is 3.03. The monoisotopic (exact) mass is 308 g/mol. The average molecular weight is 308 g/mol. The maximum atomic E-state index is 12.8. The Morgan fingerprint density at radius 3 is 2.74 bits per heavy atom. The van der Waals surface area contributed by atoms with E-state index < -0.39 is 0 Å². The van der Waals surface area contributed by atoms with E-state index in [-0.39, 0.29) is 11.8 Å². The van der Waals surface area contributed by atoms with Crippen LogP contribution < -0.4 is 10.6 Å². The molecule has 3 rings (SSSR count). The van der Waals surface area contributed by atoms with Crippen LogP contribution in [0.2, 0.25) is 0 Å². The summed E-state index contributed by atoms with van der Waals surface area (Å²) in [5, 5.41) is 6.74. The second kappa shape index (κ2) is 6.97. The molecule has 0 aliphatic carbocycles. The molecule has 23 heavy (non-hydrogen) atoms. The smallest absolute Gasteiger partial charge is 0.179 e. The van der Waals surface area contributed by atoms with Crippen LogP contribution in [0, 0.1) is 6.92 Å². The Kier molecular flexibility index (Phi) is 4.77. The van der Waals surface area contributed by atoms with Gasteiger partial charge in [0.05, 0.1) is 6.04 Å². The predicted octanol–water partition coefficient (Wildman–Crippen LogP) is 3.71. The molecule has 0 saturated carbocycles. The topological polar surface area (TPSA) is 41.1 Å². The number of benzene rings is 2. The lowest BCUT2D eigenvalue weighted by Crippen LogP contribution is -2.35. The highest BCUT2D eigenvalue weighted by Gasteiger charge is 2.20. The number of hydrogen-bond donors (Lipinski definition) is 2. The Hall–Kier alpha value is -2.13. The predicted molar refractivity (Wildman–Crippen MR) is 95.1 cm³/mol. The number of carbonyl (C=O) groups excluding carboxylic acids is 1. The summed E-state index contributed by atoms with van der Waals surface area (Å²) in [6, 6.07) is 14.3. The van der Waals surface area contributed by atoms with Gasteiger partial charge in [0.2, 0.25) is 0 Å². The number of hydrogen-bond acceptors (Lipinski definition) is 3. The van der Waals surface area contributed by atoms with Gasteiger partial charge in [-0.2, -0.15) is 0 Å². The summed E-state index contributed by atoms with van der Waals surface area (Å²) >= 11 is 0. The first-order valence-electron chi connectivity index (χ1n) is 8.37. The third-order valence-corrected chi connectivity index (χ3v) is 4.50. The van der Waals surface area contributed by atoms with E-state index >= 15 is 0 Å². The molecule has 2 aromatic carbocycles. The van der Waals surface area contributed by atoms with Gasteiger partial charge in [0.15, 0.2) is 5.78 Å². The highest BCUT2D eigenvalue weighted by molar-refractivity contribution is 6.00. The molecule has 0 amide bonds. The van der Waals surface area contributed by atoms with Crippen molar-refractivity contribution in [2.24, 2.45) is 0 Å². The number of nitrogens with one attached hydrogen (secondary N) is 2. The van der Waals surface area contributed by atoms with E-state index in [1.807, 2.05) is 18.2 Å². The molecule has 0 radical (unpaired) electrons. The van der Waals surface area contributed by atoms with Crippen LogP contribution in [0.15, 0.2) is 42.5 Å². The summed E-state index contributed by atoms with van der Waals surface area (Å²) in [4.78, 5) is 12.8. The van der Waals surface area contributed by atoms with Crippen LogP contribution in [0.1, 0.15) is 40.4 Å². The molecule has 1 aliphatic rings. The van der Waals surface area contributed by atoms with Crippen molar-refractivity contribution in [3.8, 4) is 0 Å². The lowest BCUT2D eigenvalue weighted by molar-refractivity contribution is 0.0939. The van der Waals surface area contributed by atoms with E-state index in [0.717, 1.165) is 31.5 Å². The largest absolute Gasteiger partial charge is 0.384 e. The first-order chi connectivity index (χ1) is 11.2. The number of anilines is 1. The lowest BCUT2D eigenvalue weighted by atomic mass is 9.99. The molecule has 1 unspecified atom stereocenters. The minimum absolute atomic E-state index is 0.135. The van der Waals surface area contributed by atoms with Crippen LogP contribution >= 0.6 is 0 Å². The number of Topliss-reactive ketones (excluding diaryl/α,β-unsaturated/α-hetero) is 1. The van der Waals surface area contributed by atoms with Crippen molar-refractivity contribution in [3.63, 3.8) is 0 Å². The minimum Gasteiger partial charge on any atom is -0.384 e. The van der Waals surface area contributed by atoms with Gasteiger partial charge < -0.3 is 10.6 Å². The molecule has 0 fully saturated rings.